The molecule has 2 rings (SSSR count). The SMILES string of the molecule is CCCCCCCCOc1ccc(-c2nnco2)cc1. The van der Waals surface area contributed by atoms with Crippen LogP contribution in [0.3, 0.4) is 0 Å². The van der Waals surface area contributed by atoms with Crippen LogP contribution in [0, 0.1) is 0 Å². The van der Waals surface area contributed by atoms with E-state index in [9.17, 15) is 0 Å². The van der Waals surface area contributed by atoms with Gasteiger partial charge in [-0.05, 0) is 30.7 Å². The van der Waals surface area contributed by atoms with Gasteiger partial charge < -0.3 is 9.15 Å². The number of ether oxygens (including phenoxy) is 1. The molecule has 0 unspecified atom stereocenters. The second-order valence-corrected chi connectivity index (χ2v) is 4.88. The molecule has 0 spiro atoms. The van der Waals surface area contributed by atoms with Crippen molar-refractivity contribution in [2.45, 2.75) is 45.4 Å². The molecule has 0 amide bonds. The Morgan fingerprint density at radius 1 is 1.00 bits per heavy atom. The van der Waals surface area contributed by atoms with Gasteiger partial charge in [0.1, 0.15) is 5.75 Å². The zero-order chi connectivity index (χ0) is 14.0. The first-order chi connectivity index (χ1) is 9.90. The van der Waals surface area contributed by atoms with E-state index in [1.54, 1.807) is 0 Å². The van der Waals surface area contributed by atoms with Crippen molar-refractivity contribution in [3.8, 4) is 17.2 Å². The van der Waals surface area contributed by atoms with Crippen LogP contribution in [0.1, 0.15) is 45.4 Å². The highest BCUT2D eigenvalue weighted by molar-refractivity contribution is 5.53. The van der Waals surface area contributed by atoms with Crippen molar-refractivity contribution in [2.24, 2.45) is 0 Å². The van der Waals surface area contributed by atoms with Crippen molar-refractivity contribution >= 4 is 0 Å². The molecule has 0 saturated heterocycles. The summed E-state index contributed by atoms with van der Waals surface area (Å²) in [4.78, 5) is 0. The summed E-state index contributed by atoms with van der Waals surface area (Å²) in [5.74, 6) is 1.43. The van der Waals surface area contributed by atoms with E-state index < -0.39 is 0 Å². The Hall–Kier alpha value is -1.84. The number of unbranched alkanes of at least 4 members (excludes halogenated alkanes) is 5. The topological polar surface area (TPSA) is 48.2 Å². The lowest BCUT2D eigenvalue weighted by Gasteiger charge is -2.06. The van der Waals surface area contributed by atoms with E-state index >= 15 is 0 Å². The summed E-state index contributed by atoms with van der Waals surface area (Å²) in [6.07, 6.45) is 9.00. The number of hydrogen-bond donors (Lipinski definition) is 0. The standard InChI is InChI=1S/C16H22N2O2/c1-2-3-4-5-6-7-12-19-15-10-8-14(9-11-15)16-18-17-13-20-16/h8-11,13H,2-7,12H2,1H3. The third-order valence-electron chi connectivity index (χ3n) is 3.23. The summed E-state index contributed by atoms with van der Waals surface area (Å²) in [6.45, 7) is 3.02. The molecule has 20 heavy (non-hydrogen) atoms. The smallest absolute Gasteiger partial charge is 0.247 e. The summed E-state index contributed by atoms with van der Waals surface area (Å²) in [5.41, 5.74) is 0.911. The van der Waals surface area contributed by atoms with Gasteiger partial charge in [-0.2, -0.15) is 0 Å². The van der Waals surface area contributed by atoms with Crippen molar-refractivity contribution < 1.29 is 9.15 Å². The average molecular weight is 274 g/mol. The van der Waals surface area contributed by atoms with Gasteiger partial charge in [0, 0.05) is 5.56 Å². The normalized spacial score (nSPS) is 10.7. The van der Waals surface area contributed by atoms with Gasteiger partial charge in [-0.3, -0.25) is 0 Å². The molecule has 0 N–H and O–H groups in total. The molecule has 0 atom stereocenters. The van der Waals surface area contributed by atoms with E-state index in [-0.39, 0.29) is 0 Å². The largest absolute Gasteiger partial charge is 0.494 e. The zero-order valence-corrected chi connectivity index (χ0v) is 12.0. The van der Waals surface area contributed by atoms with Crippen LogP contribution >= 0.6 is 0 Å². The summed E-state index contributed by atoms with van der Waals surface area (Å²) >= 11 is 0. The first kappa shape index (κ1) is 14.6. The van der Waals surface area contributed by atoms with Crippen molar-refractivity contribution in [3.05, 3.63) is 30.7 Å². The van der Waals surface area contributed by atoms with Crippen LogP contribution in [0.5, 0.6) is 5.75 Å². The number of aromatic nitrogens is 2. The zero-order valence-electron chi connectivity index (χ0n) is 12.0. The van der Waals surface area contributed by atoms with Crippen LogP contribution in [0.2, 0.25) is 0 Å². The maximum absolute atomic E-state index is 5.72. The van der Waals surface area contributed by atoms with Gasteiger partial charge >= 0.3 is 0 Å². The Morgan fingerprint density at radius 2 is 1.75 bits per heavy atom. The van der Waals surface area contributed by atoms with Crippen LogP contribution in [-0.4, -0.2) is 16.8 Å². The fourth-order valence-electron chi connectivity index (χ4n) is 2.06. The molecule has 1 heterocycles. The van der Waals surface area contributed by atoms with Crippen molar-refractivity contribution in [1.29, 1.82) is 0 Å². The summed E-state index contributed by atoms with van der Waals surface area (Å²) in [5, 5.41) is 7.53. The van der Waals surface area contributed by atoms with Crippen molar-refractivity contribution in [2.75, 3.05) is 6.61 Å². The highest BCUT2D eigenvalue weighted by atomic mass is 16.5. The minimum atomic E-state index is 0.535. The third kappa shape index (κ3) is 4.68. The van der Waals surface area contributed by atoms with Crippen LogP contribution in [0.25, 0.3) is 11.5 Å². The number of nitrogens with zero attached hydrogens (tertiary/aromatic N) is 2. The van der Waals surface area contributed by atoms with Gasteiger partial charge in [0.05, 0.1) is 6.61 Å². The van der Waals surface area contributed by atoms with Gasteiger partial charge in [0.25, 0.3) is 0 Å². The lowest BCUT2D eigenvalue weighted by atomic mass is 10.1. The van der Waals surface area contributed by atoms with Gasteiger partial charge in [-0.25, -0.2) is 0 Å². The molecule has 0 aliphatic rings. The van der Waals surface area contributed by atoms with Gasteiger partial charge in [0.2, 0.25) is 12.3 Å². The summed E-state index contributed by atoms with van der Waals surface area (Å²) in [6, 6.07) is 7.75. The highest BCUT2D eigenvalue weighted by Crippen LogP contribution is 2.20. The molecule has 0 bridgehead atoms. The molecule has 0 aliphatic carbocycles. The molecule has 2 aromatic rings. The molecule has 4 heteroatoms. The highest BCUT2D eigenvalue weighted by Gasteiger charge is 2.03. The Balaban J connectivity index is 1.67. The van der Waals surface area contributed by atoms with Gasteiger partial charge in [0.15, 0.2) is 0 Å². The van der Waals surface area contributed by atoms with E-state index in [1.165, 1.54) is 38.5 Å². The Kier molecular flexibility index (Phi) is 6.08. The van der Waals surface area contributed by atoms with Gasteiger partial charge in [-0.15, -0.1) is 10.2 Å². The van der Waals surface area contributed by atoms with Crippen LogP contribution in [0.4, 0.5) is 0 Å². The van der Waals surface area contributed by atoms with Crippen LogP contribution in [-0.2, 0) is 0 Å². The predicted octanol–water partition coefficient (Wildman–Crippen LogP) is 4.48. The molecule has 0 saturated carbocycles. The third-order valence-corrected chi connectivity index (χ3v) is 3.23. The van der Waals surface area contributed by atoms with E-state index in [1.807, 2.05) is 24.3 Å². The maximum atomic E-state index is 5.72. The van der Waals surface area contributed by atoms with Crippen molar-refractivity contribution in [1.82, 2.24) is 10.2 Å². The minimum absolute atomic E-state index is 0.535. The first-order valence-electron chi connectivity index (χ1n) is 7.39. The van der Waals surface area contributed by atoms with E-state index in [0.29, 0.717) is 5.89 Å². The lowest BCUT2D eigenvalue weighted by molar-refractivity contribution is 0.304. The molecule has 0 fully saturated rings. The molecular weight excluding hydrogens is 252 g/mol. The molecule has 0 radical (unpaired) electrons. The fourth-order valence-corrected chi connectivity index (χ4v) is 2.06. The van der Waals surface area contributed by atoms with Crippen molar-refractivity contribution in [3.63, 3.8) is 0 Å². The van der Waals surface area contributed by atoms with Gasteiger partial charge in [-0.1, -0.05) is 39.0 Å². The molecule has 1 aromatic carbocycles. The number of rotatable bonds is 9. The minimum Gasteiger partial charge on any atom is -0.494 e. The molecular formula is C16H22N2O2. The van der Waals surface area contributed by atoms with Crippen LogP contribution < -0.4 is 4.74 Å². The Labute approximate surface area is 120 Å². The van der Waals surface area contributed by atoms with E-state index in [4.69, 9.17) is 9.15 Å². The van der Waals surface area contributed by atoms with E-state index in [0.717, 1.165) is 24.3 Å². The number of hydrogen-bond acceptors (Lipinski definition) is 4. The molecule has 1 aromatic heterocycles. The average Bonchev–Trinajstić information content (AvgIpc) is 3.01. The first-order valence-corrected chi connectivity index (χ1v) is 7.39. The Morgan fingerprint density at radius 3 is 2.45 bits per heavy atom. The second kappa shape index (κ2) is 8.35. The fraction of sp³-hybridized carbons (Fsp3) is 0.500. The summed E-state index contributed by atoms with van der Waals surface area (Å²) in [7, 11) is 0. The maximum Gasteiger partial charge on any atom is 0.247 e. The second-order valence-electron chi connectivity index (χ2n) is 4.88. The number of benzene rings is 1. The quantitative estimate of drug-likeness (QED) is 0.633. The molecule has 108 valence electrons. The van der Waals surface area contributed by atoms with Crippen LogP contribution in [0.15, 0.2) is 35.1 Å². The predicted molar refractivity (Wildman–Crippen MR) is 78.6 cm³/mol. The lowest BCUT2D eigenvalue weighted by Crippen LogP contribution is -1.97. The molecule has 4 nitrogen and oxygen atoms in total. The summed E-state index contributed by atoms with van der Waals surface area (Å²) < 4.78 is 10.9. The Bertz CT molecular complexity index is 466. The monoisotopic (exact) mass is 274 g/mol. The molecule has 0 aliphatic heterocycles. The van der Waals surface area contributed by atoms with E-state index in [2.05, 4.69) is 17.1 Å².